The summed E-state index contributed by atoms with van der Waals surface area (Å²) in [7, 11) is 0. The van der Waals surface area contributed by atoms with Crippen molar-refractivity contribution in [2.75, 3.05) is 6.61 Å². The van der Waals surface area contributed by atoms with Crippen molar-refractivity contribution in [1.82, 2.24) is 0 Å². The molecule has 0 bridgehead atoms. The highest BCUT2D eigenvalue weighted by Gasteiger charge is 2.48. The van der Waals surface area contributed by atoms with Gasteiger partial charge in [0, 0.05) is 0 Å². The number of alkyl halides is 5. The largest absolute Gasteiger partial charge is 0.445 e. The molecule has 8 heteroatoms. The Kier molecular flexibility index (Phi) is 4.57. The van der Waals surface area contributed by atoms with Gasteiger partial charge in [0.05, 0.1) is 6.61 Å². The monoisotopic (exact) mass is 240 g/mol. The molecule has 0 rings (SSSR count). The van der Waals surface area contributed by atoms with Crippen LogP contribution in [0, 0.1) is 0 Å². The first-order valence-electron chi connectivity index (χ1n) is 3.77. The minimum Gasteiger partial charge on any atom is -0.315 e. The van der Waals surface area contributed by atoms with Crippen molar-refractivity contribution in [3.8, 4) is 0 Å². The number of halogens is 7. The molecule has 0 saturated heterocycles. The minimum atomic E-state index is -5.79. The number of hydrogen-bond acceptors (Lipinski definition) is 1. The first-order chi connectivity index (χ1) is 6.63. The maximum absolute atomic E-state index is 12.4. The predicted octanol–water partition coefficient (Wildman–Crippen LogP) is 3.72. The van der Waals surface area contributed by atoms with Crippen LogP contribution in [0.4, 0.5) is 30.7 Å². The van der Waals surface area contributed by atoms with Gasteiger partial charge in [-0.2, -0.15) is 30.7 Å². The molecule has 15 heavy (non-hydrogen) atoms. The normalized spacial score (nSPS) is 15.2. The fourth-order valence-corrected chi connectivity index (χ4v) is 0.546. The number of allylic oxidation sites excluding steroid dienone is 1. The molecule has 0 aromatic rings. The lowest BCUT2D eigenvalue weighted by Crippen LogP contribution is -2.26. The fraction of sp³-hybridized carbons (Fsp3) is 0.714. The van der Waals surface area contributed by atoms with Gasteiger partial charge in [-0.3, -0.25) is 0 Å². The van der Waals surface area contributed by atoms with Gasteiger partial charge in [-0.05, 0) is 6.42 Å². The molecule has 0 fully saturated rings. The number of hydrogen-bond donors (Lipinski definition) is 0. The number of ether oxygens (including phenoxy) is 1. The van der Waals surface area contributed by atoms with Crippen LogP contribution in [0.2, 0.25) is 0 Å². The van der Waals surface area contributed by atoms with Gasteiger partial charge in [0.2, 0.25) is 11.7 Å². The van der Waals surface area contributed by atoms with Crippen LogP contribution in [0.5, 0.6) is 0 Å². The molecule has 0 aliphatic heterocycles. The van der Waals surface area contributed by atoms with Crippen molar-refractivity contribution >= 4 is 0 Å². The highest BCUT2D eigenvalue weighted by molar-refractivity contribution is 5.10. The average molecular weight is 240 g/mol. The minimum absolute atomic E-state index is 0.0243. The highest BCUT2D eigenvalue weighted by Crippen LogP contribution is 2.37. The summed E-state index contributed by atoms with van der Waals surface area (Å²) in [6.07, 6.45) is -10.7. The van der Waals surface area contributed by atoms with Gasteiger partial charge in [0.15, 0.2) is 0 Å². The lowest BCUT2D eigenvalue weighted by Gasteiger charge is -2.15. The van der Waals surface area contributed by atoms with Crippen LogP contribution in [0.25, 0.3) is 0 Å². The molecule has 1 nitrogen and oxygen atoms in total. The Hall–Kier alpha value is -0.790. The van der Waals surface area contributed by atoms with Crippen molar-refractivity contribution in [3.63, 3.8) is 0 Å². The summed E-state index contributed by atoms with van der Waals surface area (Å²) in [4.78, 5) is 0. The third kappa shape index (κ3) is 4.06. The third-order valence-electron chi connectivity index (χ3n) is 1.18. The maximum atomic E-state index is 12.4. The van der Waals surface area contributed by atoms with E-state index in [4.69, 9.17) is 0 Å². The van der Waals surface area contributed by atoms with Crippen LogP contribution in [0.15, 0.2) is 11.7 Å². The second kappa shape index (κ2) is 4.82. The predicted molar refractivity (Wildman–Crippen MR) is 36.5 cm³/mol. The third-order valence-corrected chi connectivity index (χ3v) is 1.18. The summed E-state index contributed by atoms with van der Waals surface area (Å²) in [6.45, 7) is 0.684. The first-order valence-corrected chi connectivity index (χ1v) is 3.77. The van der Waals surface area contributed by atoms with Crippen LogP contribution >= 0.6 is 0 Å². The first kappa shape index (κ1) is 14.2. The standard InChI is InChI=1S/C7H7F7O/c1-2-3-15-7(13,14)5(9)4(8)6(10,11)12/h2-3H2,1H3. The molecule has 0 spiro atoms. The quantitative estimate of drug-likeness (QED) is 0.680. The van der Waals surface area contributed by atoms with Crippen LogP contribution in [0.3, 0.4) is 0 Å². The van der Waals surface area contributed by atoms with Crippen LogP contribution < -0.4 is 0 Å². The molecule has 0 heterocycles. The Morgan fingerprint density at radius 1 is 1.00 bits per heavy atom. The van der Waals surface area contributed by atoms with Crippen molar-refractivity contribution in [3.05, 3.63) is 11.7 Å². The van der Waals surface area contributed by atoms with E-state index in [1.54, 1.807) is 0 Å². The molecule has 0 aliphatic carbocycles. The van der Waals surface area contributed by atoms with Gasteiger partial charge in [0.1, 0.15) is 0 Å². The molecule has 0 N–H and O–H groups in total. The summed E-state index contributed by atoms with van der Waals surface area (Å²) >= 11 is 0. The van der Waals surface area contributed by atoms with Gasteiger partial charge >= 0.3 is 12.3 Å². The van der Waals surface area contributed by atoms with E-state index in [9.17, 15) is 30.7 Å². The fourth-order valence-electron chi connectivity index (χ4n) is 0.546. The van der Waals surface area contributed by atoms with Crippen LogP contribution in [0.1, 0.15) is 13.3 Å². The van der Waals surface area contributed by atoms with E-state index in [2.05, 4.69) is 4.74 Å². The lowest BCUT2D eigenvalue weighted by molar-refractivity contribution is -0.226. The Morgan fingerprint density at radius 2 is 1.47 bits per heavy atom. The van der Waals surface area contributed by atoms with E-state index < -0.39 is 30.5 Å². The Labute approximate surface area is 80.5 Å². The van der Waals surface area contributed by atoms with Crippen molar-refractivity contribution in [1.29, 1.82) is 0 Å². The molecule has 0 aromatic carbocycles. The lowest BCUT2D eigenvalue weighted by atomic mass is 10.4. The second-order valence-electron chi connectivity index (χ2n) is 2.49. The van der Waals surface area contributed by atoms with Crippen LogP contribution in [-0.4, -0.2) is 18.9 Å². The van der Waals surface area contributed by atoms with E-state index in [1.807, 2.05) is 0 Å². The van der Waals surface area contributed by atoms with Crippen molar-refractivity contribution < 1.29 is 35.5 Å². The van der Waals surface area contributed by atoms with Crippen molar-refractivity contribution in [2.24, 2.45) is 0 Å². The SMILES string of the molecule is CCCOC(F)(F)C(F)=C(F)C(F)(F)F. The van der Waals surface area contributed by atoms with E-state index in [1.165, 1.54) is 6.92 Å². The van der Waals surface area contributed by atoms with Crippen LogP contribution in [-0.2, 0) is 4.74 Å². The molecule has 0 aromatic heterocycles. The Balaban J connectivity index is 4.88. The average Bonchev–Trinajstić information content (AvgIpc) is 2.10. The molecule has 0 aliphatic rings. The molecule has 0 unspecified atom stereocenters. The van der Waals surface area contributed by atoms with E-state index in [0.29, 0.717) is 0 Å². The molecule has 0 saturated carbocycles. The molecule has 0 amide bonds. The molecular formula is C7H7F7O. The smallest absolute Gasteiger partial charge is 0.315 e. The zero-order valence-corrected chi connectivity index (χ0v) is 7.47. The zero-order chi connectivity index (χ0) is 12.3. The molecular weight excluding hydrogens is 233 g/mol. The summed E-state index contributed by atoms with van der Waals surface area (Å²) in [5.74, 6) is -6.74. The molecule has 0 radical (unpaired) electrons. The van der Waals surface area contributed by atoms with Gasteiger partial charge in [-0.25, -0.2) is 0 Å². The van der Waals surface area contributed by atoms with Gasteiger partial charge in [-0.15, -0.1) is 0 Å². The summed E-state index contributed by atoms with van der Waals surface area (Å²) < 4.78 is 87.1. The molecule has 90 valence electrons. The van der Waals surface area contributed by atoms with Gasteiger partial charge in [-0.1, -0.05) is 6.92 Å². The Bertz CT molecular complexity index is 242. The second-order valence-corrected chi connectivity index (χ2v) is 2.49. The van der Waals surface area contributed by atoms with E-state index in [-0.39, 0.29) is 6.42 Å². The van der Waals surface area contributed by atoms with Gasteiger partial charge in [0.25, 0.3) is 0 Å². The summed E-state index contributed by atoms with van der Waals surface area (Å²) in [5, 5.41) is 0. The van der Waals surface area contributed by atoms with Gasteiger partial charge < -0.3 is 4.74 Å². The van der Waals surface area contributed by atoms with Crippen molar-refractivity contribution in [2.45, 2.75) is 25.6 Å². The topological polar surface area (TPSA) is 9.23 Å². The van der Waals surface area contributed by atoms with E-state index in [0.717, 1.165) is 0 Å². The summed E-state index contributed by atoms with van der Waals surface area (Å²) in [6, 6.07) is 0. The Morgan fingerprint density at radius 3 is 1.80 bits per heavy atom. The van der Waals surface area contributed by atoms with E-state index >= 15 is 0 Å². The zero-order valence-electron chi connectivity index (χ0n) is 7.47. The highest BCUT2D eigenvalue weighted by atomic mass is 19.4. The summed E-state index contributed by atoms with van der Waals surface area (Å²) in [5.41, 5.74) is 0. The molecule has 0 atom stereocenters. The number of rotatable bonds is 4. The maximum Gasteiger partial charge on any atom is 0.445 e.